The third-order valence-electron chi connectivity index (χ3n) is 3.74. The Morgan fingerprint density at radius 1 is 1.45 bits per heavy atom. The number of likely N-dealkylation sites (tertiary alicyclic amines) is 1. The smallest absolute Gasteiger partial charge is 0.407 e. The van der Waals surface area contributed by atoms with Crippen LogP contribution >= 0.6 is 11.6 Å². The van der Waals surface area contributed by atoms with Gasteiger partial charge in [-0.25, -0.2) is 14.8 Å². The Morgan fingerprint density at radius 2 is 2.20 bits per heavy atom. The van der Waals surface area contributed by atoms with E-state index in [1.165, 1.54) is 4.90 Å². The second-order valence-electron chi connectivity index (χ2n) is 4.88. The van der Waals surface area contributed by atoms with Crippen LogP contribution in [0.3, 0.4) is 0 Å². The summed E-state index contributed by atoms with van der Waals surface area (Å²) in [5.41, 5.74) is 1.67. The zero-order valence-corrected chi connectivity index (χ0v) is 11.6. The molecule has 1 N–H and O–H groups in total. The van der Waals surface area contributed by atoms with E-state index in [9.17, 15) is 4.79 Å². The zero-order chi connectivity index (χ0) is 14.1. The monoisotopic (exact) mass is 294 g/mol. The van der Waals surface area contributed by atoms with Crippen LogP contribution in [0.2, 0.25) is 0 Å². The van der Waals surface area contributed by atoms with Crippen LogP contribution in [0.25, 0.3) is 11.2 Å². The molecule has 0 bridgehead atoms. The van der Waals surface area contributed by atoms with E-state index in [4.69, 9.17) is 16.7 Å². The number of carbonyl (C=O) groups is 1. The van der Waals surface area contributed by atoms with Crippen molar-refractivity contribution >= 4 is 28.9 Å². The van der Waals surface area contributed by atoms with Crippen LogP contribution in [0.15, 0.2) is 18.3 Å². The number of pyridine rings is 1. The lowest BCUT2D eigenvalue weighted by atomic mass is 10.1. The van der Waals surface area contributed by atoms with Gasteiger partial charge in [-0.05, 0) is 25.0 Å². The average molecular weight is 295 g/mol. The van der Waals surface area contributed by atoms with Crippen LogP contribution in [0, 0.1) is 0 Å². The number of amides is 1. The van der Waals surface area contributed by atoms with Crippen molar-refractivity contribution in [1.29, 1.82) is 0 Å². The van der Waals surface area contributed by atoms with Crippen LogP contribution in [0.5, 0.6) is 0 Å². The van der Waals surface area contributed by atoms with Gasteiger partial charge in [0.15, 0.2) is 5.65 Å². The molecule has 20 heavy (non-hydrogen) atoms. The summed E-state index contributed by atoms with van der Waals surface area (Å²) in [7, 11) is 0. The van der Waals surface area contributed by atoms with E-state index in [0.717, 1.165) is 29.8 Å². The second kappa shape index (κ2) is 5.28. The van der Waals surface area contributed by atoms with E-state index in [1.54, 1.807) is 6.20 Å². The van der Waals surface area contributed by atoms with Crippen molar-refractivity contribution < 1.29 is 9.90 Å². The summed E-state index contributed by atoms with van der Waals surface area (Å²) in [6.07, 6.45) is 2.41. The molecule has 0 saturated carbocycles. The molecule has 6 nitrogen and oxygen atoms in total. The first-order valence-corrected chi connectivity index (χ1v) is 7.10. The molecule has 0 aromatic carbocycles. The molecule has 1 aliphatic rings. The number of alkyl halides is 1. The maximum absolute atomic E-state index is 11.0. The van der Waals surface area contributed by atoms with Crippen molar-refractivity contribution in [2.75, 3.05) is 13.1 Å². The predicted octanol–water partition coefficient (Wildman–Crippen LogP) is 2.49. The first-order chi connectivity index (χ1) is 9.70. The van der Waals surface area contributed by atoms with Crippen LogP contribution in [0.4, 0.5) is 4.79 Å². The number of nitrogens with zero attached hydrogens (tertiary/aromatic N) is 4. The topological polar surface area (TPSA) is 71.2 Å². The maximum atomic E-state index is 11.0. The van der Waals surface area contributed by atoms with E-state index in [0.29, 0.717) is 19.0 Å². The van der Waals surface area contributed by atoms with E-state index in [2.05, 4.69) is 14.5 Å². The number of aromatic nitrogens is 3. The zero-order valence-electron chi connectivity index (χ0n) is 10.9. The molecule has 3 rings (SSSR count). The Labute approximate surface area is 121 Å². The molecule has 0 spiro atoms. The number of imidazole rings is 1. The Balaban J connectivity index is 1.92. The largest absolute Gasteiger partial charge is 0.465 e. The normalized spacial score (nSPS) is 16.8. The number of rotatable bonds is 2. The summed E-state index contributed by atoms with van der Waals surface area (Å²) in [5.74, 6) is 1.13. The number of halogens is 1. The minimum atomic E-state index is -0.852. The molecule has 0 aliphatic carbocycles. The van der Waals surface area contributed by atoms with Crippen LogP contribution in [0.1, 0.15) is 24.7 Å². The predicted molar refractivity (Wildman–Crippen MR) is 75.0 cm³/mol. The van der Waals surface area contributed by atoms with Gasteiger partial charge in [-0.3, -0.25) is 0 Å². The fourth-order valence-electron chi connectivity index (χ4n) is 2.77. The van der Waals surface area contributed by atoms with Crippen LogP contribution in [-0.2, 0) is 5.88 Å². The quantitative estimate of drug-likeness (QED) is 0.864. The number of piperidine rings is 1. The summed E-state index contributed by atoms with van der Waals surface area (Å²) in [6.45, 7) is 1.07. The Kier molecular flexibility index (Phi) is 3.48. The number of fused-ring (bicyclic) bond motifs is 1. The van der Waals surface area contributed by atoms with Gasteiger partial charge in [0.1, 0.15) is 11.3 Å². The van der Waals surface area contributed by atoms with Gasteiger partial charge < -0.3 is 14.6 Å². The third kappa shape index (κ3) is 2.20. The molecule has 1 aliphatic heterocycles. The fourth-order valence-corrected chi connectivity index (χ4v) is 2.96. The summed E-state index contributed by atoms with van der Waals surface area (Å²) in [4.78, 5) is 21.3. The van der Waals surface area contributed by atoms with Gasteiger partial charge in [-0.1, -0.05) is 0 Å². The Morgan fingerprint density at radius 3 is 2.85 bits per heavy atom. The summed E-state index contributed by atoms with van der Waals surface area (Å²) >= 11 is 5.99. The van der Waals surface area contributed by atoms with Gasteiger partial charge in [0, 0.05) is 25.3 Å². The van der Waals surface area contributed by atoms with Crippen molar-refractivity contribution in [3.63, 3.8) is 0 Å². The van der Waals surface area contributed by atoms with Gasteiger partial charge in [-0.15, -0.1) is 11.6 Å². The molecule has 0 unspecified atom stereocenters. The van der Waals surface area contributed by atoms with Gasteiger partial charge >= 0.3 is 6.09 Å². The van der Waals surface area contributed by atoms with Gasteiger partial charge in [0.05, 0.1) is 5.88 Å². The highest BCUT2D eigenvalue weighted by Gasteiger charge is 2.26. The van der Waals surface area contributed by atoms with Gasteiger partial charge in [-0.2, -0.15) is 0 Å². The van der Waals surface area contributed by atoms with Crippen molar-refractivity contribution in [3.05, 3.63) is 24.2 Å². The second-order valence-corrected chi connectivity index (χ2v) is 5.15. The molecule has 0 radical (unpaired) electrons. The SMILES string of the molecule is O=C(O)N1CCC(n2c(CCl)nc3cccnc32)CC1. The molecule has 1 saturated heterocycles. The highest BCUT2D eigenvalue weighted by atomic mass is 35.5. The molecule has 2 aromatic rings. The third-order valence-corrected chi connectivity index (χ3v) is 3.98. The molecule has 1 amide bonds. The van der Waals surface area contributed by atoms with E-state index in [1.807, 2.05) is 12.1 Å². The molecule has 106 valence electrons. The number of hydrogen-bond acceptors (Lipinski definition) is 3. The number of carboxylic acid groups (broad SMARTS) is 1. The number of hydrogen-bond donors (Lipinski definition) is 1. The molecule has 2 aromatic heterocycles. The van der Waals surface area contributed by atoms with Crippen molar-refractivity contribution in [3.8, 4) is 0 Å². The molecule has 7 heteroatoms. The lowest BCUT2D eigenvalue weighted by molar-refractivity contribution is 0.126. The van der Waals surface area contributed by atoms with E-state index in [-0.39, 0.29) is 6.04 Å². The minimum absolute atomic E-state index is 0.208. The summed E-state index contributed by atoms with van der Waals surface area (Å²) in [5, 5.41) is 9.00. The first-order valence-electron chi connectivity index (χ1n) is 6.56. The van der Waals surface area contributed by atoms with Gasteiger partial charge in [0.25, 0.3) is 0 Å². The Bertz CT molecular complexity index is 634. The molecule has 1 fully saturated rings. The van der Waals surface area contributed by atoms with Crippen molar-refractivity contribution in [2.45, 2.75) is 24.8 Å². The lowest BCUT2D eigenvalue weighted by Crippen LogP contribution is -2.38. The van der Waals surface area contributed by atoms with Crippen LogP contribution in [-0.4, -0.2) is 43.7 Å². The lowest BCUT2D eigenvalue weighted by Gasteiger charge is -2.31. The molecular weight excluding hydrogens is 280 g/mol. The standard InChI is InChI=1S/C13H15ClN4O2/c14-8-11-16-10-2-1-5-15-12(10)18(11)9-3-6-17(7-4-9)13(19)20/h1-2,5,9H,3-4,6-8H2,(H,19,20). The average Bonchev–Trinajstić information content (AvgIpc) is 2.85. The highest BCUT2D eigenvalue weighted by Crippen LogP contribution is 2.28. The van der Waals surface area contributed by atoms with E-state index >= 15 is 0 Å². The van der Waals surface area contributed by atoms with E-state index < -0.39 is 6.09 Å². The van der Waals surface area contributed by atoms with Crippen LogP contribution < -0.4 is 0 Å². The molecule has 0 atom stereocenters. The van der Waals surface area contributed by atoms with Crippen molar-refractivity contribution in [2.24, 2.45) is 0 Å². The van der Waals surface area contributed by atoms with Gasteiger partial charge in [0.2, 0.25) is 0 Å². The first kappa shape index (κ1) is 13.2. The summed E-state index contributed by atoms with van der Waals surface area (Å²) < 4.78 is 2.07. The van der Waals surface area contributed by atoms with Crippen molar-refractivity contribution in [1.82, 2.24) is 19.4 Å². The fraction of sp³-hybridized carbons (Fsp3) is 0.462. The highest BCUT2D eigenvalue weighted by molar-refractivity contribution is 6.16. The molecular formula is C13H15ClN4O2. The Hall–Kier alpha value is -1.82. The minimum Gasteiger partial charge on any atom is -0.465 e. The molecule has 3 heterocycles. The maximum Gasteiger partial charge on any atom is 0.407 e. The summed E-state index contributed by atoms with van der Waals surface area (Å²) in [6, 6.07) is 3.98.